The molecule has 118 valence electrons. The maximum atomic E-state index is 12.4. The Hall–Kier alpha value is -2.30. The third-order valence-corrected chi connectivity index (χ3v) is 3.00. The molecule has 0 fully saturated rings. The van der Waals surface area contributed by atoms with E-state index >= 15 is 0 Å². The number of nitrogens with zero attached hydrogens (tertiary/aromatic N) is 1. The van der Waals surface area contributed by atoms with Crippen LogP contribution in [0.3, 0.4) is 0 Å². The normalized spacial score (nSPS) is 13.5. The van der Waals surface area contributed by atoms with Crippen molar-refractivity contribution in [3.05, 3.63) is 35.2 Å². The van der Waals surface area contributed by atoms with E-state index in [0.29, 0.717) is 16.8 Å². The maximum absolute atomic E-state index is 12.4. The third kappa shape index (κ3) is 3.47. The molecule has 0 radical (unpaired) electrons. The molecular weight excluding hydrogens is 282 g/mol. The lowest BCUT2D eigenvalue weighted by Gasteiger charge is -2.20. The largest absolute Gasteiger partial charge is 0.462 e. The second-order valence-electron chi connectivity index (χ2n) is 5.95. The van der Waals surface area contributed by atoms with Crippen molar-refractivity contribution < 1.29 is 19.1 Å². The molecule has 0 aromatic carbocycles. The molecule has 1 aromatic rings. The maximum Gasteiger partial charge on any atom is 0.419 e. The fourth-order valence-electron chi connectivity index (χ4n) is 2.16. The summed E-state index contributed by atoms with van der Waals surface area (Å²) in [5, 5.41) is 0. The van der Waals surface area contributed by atoms with Crippen LogP contribution in [-0.4, -0.2) is 28.8 Å². The number of hydrogen-bond acceptors (Lipinski definition) is 4. The molecule has 5 nitrogen and oxygen atoms in total. The van der Waals surface area contributed by atoms with Crippen LogP contribution in [0.15, 0.2) is 18.3 Å². The van der Waals surface area contributed by atoms with Gasteiger partial charge in [-0.15, -0.1) is 0 Å². The summed E-state index contributed by atoms with van der Waals surface area (Å²) in [6, 6.07) is 0. The first-order chi connectivity index (χ1) is 10.3. The molecule has 0 saturated heterocycles. The fraction of sp³-hybridized carbons (Fsp3) is 0.412. The van der Waals surface area contributed by atoms with Gasteiger partial charge in [0, 0.05) is 11.8 Å². The number of carbonyl (C=O) groups excluding carboxylic acids is 2. The molecule has 22 heavy (non-hydrogen) atoms. The standard InChI is InChI=1S/C17H21NO4/c1-5-21-15(19)13-11-18(16(20)22-17(2,3)4)14-10-8-6-7-9-12(13)14/h7-11H,5-6H2,1-4H3. The van der Waals surface area contributed by atoms with Crippen LogP contribution in [-0.2, 0) is 9.47 Å². The van der Waals surface area contributed by atoms with Crippen LogP contribution >= 0.6 is 0 Å². The van der Waals surface area contributed by atoms with E-state index in [1.165, 1.54) is 10.8 Å². The SMILES string of the molecule is CCOC(=O)c1cn(C(=O)OC(C)(C)C)c2c1C=CCC=C2. The third-order valence-electron chi connectivity index (χ3n) is 3.00. The van der Waals surface area contributed by atoms with Gasteiger partial charge in [-0.05, 0) is 40.2 Å². The minimum absolute atomic E-state index is 0.283. The van der Waals surface area contributed by atoms with Crippen molar-refractivity contribution in [2.45, 2.75) is 39.7 Å². The number of allylic oxidation sites excluding steroid dienone is 2. The lowest BCUT2D eigenvalue weighted by atomic mass is 10.1. The van der Waals surface area contributed by atoms with E-state index in [-0.39, 0.29) is 6.61 Å². The van der Waals surface area contributed by atoms with Crippen molar-refractivity contribution >= 4 is 24.2 Å². The summed E-state index contributed by atoms with van der Waals surface area (Å²) in [6.07, 6.45) is 9.23. The zero-order valence-electron chi connectivity index (χ0n) is 13.4. The molecule has 0 spiro atoms. The average Bonchev–Trinajstić information content (AvgIpc) is 2.60. The Morgan fingerprint density at radius 2 is 1.91 bits per heavy atom. The van der Waals surface area contributed by atoms with Crippen molar-refractivity contribution in [3.63, 3.8) is 0 Å². The highest BCUT2D eigenvalue weighted by molar-refractivity contribution is 5.97. The van der Waals surface area contributed by atoms with Crippen molar-refractivity contribution in [2.24, 2.45) is 0 Å². The first-order valence-corrected chi connectivity index (χ1v) is 7.32. The van der Waals surface area contributed by atoms with Crippen LogP contribution in [0.4, 0.5) is 4.79 Å². The van der Waals surface area contributed by atoms with Crippen molar-refractivity contribution in [1.29, 1.82) is 0 Å². The molecular formula is C17H21NO4. The zero-order valence-corrected chi connectivity index (χ0v) is 13.4. The highest BCUT2D eigenvalue weighted by atomic mass is 16.6. The zero-order chi connectivity index (χ0) is 16.3. The summed E-state index contributed by atoms with van der Waals surface area (Å²) in [4.78, 5) is 24.5. The Balaban J connectivity index is 2.49. The van der Waals surface area contributed by atoms with Gasteiger partial charge in [0.1, 0.15) is 5.60 Å². The summed E-state index contributed by atoms with van der Waals surface area (Å²) < 4.78 is 11.8. The second-order valence-corrected chi connectivity index (χ2v) is 5.95. The summed E-state index contributed by atoms with van der Waals surface area (Å²) in [5.74, 6) is -0.444. The lowest BCUT2D eigenvalue weighted by molar-refractivity contribution is 0.0525. The van der Waals surface area contributed by atoms with Crippen LogP contribution in [0, 0.1) is 0 Å². The Kier molecular flexibility index (Phi) is 4.54. The first-order valence-electron chi connectivity index (χ1n) is 7.32. The van der Waals surface area contributed by atoms with Gasteiger partial charge in [0.25, 0.3) is 0 Å². The van der Waals surface area contributed by atoms with Gasteiger partial charge >= 0.3 is 12.1 Å². The Morgan fingerprint density at radius 3 is 2.55 bits per heavy atom. The molecule has 5 heteroatoms. The number of rotatable bonds is 2. The molecule has 0 atom stereocenters. The molecule has 1 aliphatic rings. The molecule has 2 rings (SSSR count). The van der Waals surface area contributed by atoms with E-state index < -0.39 is 17.7 Å². The molecule has 1 aliphatic carbocycles. The molecule has 0 unspecified atom stereocenters. The molecule has 1 heterocycles. The van der Waals surface area contributed by atoms with Gasteiger partial charge in [-0.2, -0.15) is 0 Å². The smallest absolute Gasteiger partial charge is 0.419 e. The van der Waals surface area contributed by atoms with Gasteiger partial charge in [0.05, 0.1) is 17.9 Å². The van der Waals surface area contributed by atoms with E-state index in [9.17, 15) is 9.59 Å². The van der Waals surface area contributed by atoms with E-state index in [0.717, 1.165) is 6.42 Å². The van der Waals surface area contributed by atoms with Gasteiger partial charge < -0.3 is 9.47 Å². The monoisotopic (exact) mass is 303 g/mol. The van der Waals surface area contributed by atoms with Crippen LogP contribution in [0.5, 0.6) is 0 Å². The molecule has 1 aromatic heterocycles. The number of carbonyl (C=O) groups is 2. The van der Waals surface area contributed by atoms with E-state index in [1.54, 1.807) is 27.7 Å². The number of fused-ring (bicyclic) bond motifs is 1. The summed E-state index contributed by atoms with van der Waals surface area (Å²) in [6.45, 7) is 7.43. The van der Waals surface area contributed by atoms with E-state index in [2.05, 4.69) is 0 Å². The van der Waals surface area contributed by atoms with E-state index in [4.69, 9.17) is 9.47 Å². The van der Waals surface area contributed by atoms with Gasteiger partial charge in [0.15, 0.2) is 0 Å². The minimum Gasteiger partial charge on any atom is -0.462 e. The topological polar surface area (TPSA) is 57.5 Å². The average molecular weight is 303 g/mol. The number of aromatic nitrogens is 1. The Morgan fingerprint density at radius 1 is 1.23 bits per heavy atom. The predicted octanol–water partition coefficient (Wildman–Crippen LogP) is 3.88. The summed E-state index contributed by atoms with van der Waals surface area (Å²) >= 11 is 0. The first kappa shape index (κ1) is 16.1. The predicted molar refractivity (Wildman–Crippen MR) is 84.7 cm³/mol. The highest BCUT2D eigenvalue weighted by Gasteiger charge is 2.25. The molecule has 0 saturated carbocycles. The number of esters is 1. The van der Waals surface area contributed by atoms with Crippen molar-refractivity contribution in [2.75, 3.05) is 6.61 Å². The number of ether oxygens (including phenoxy) is 2. The minimum atomic E-state index is -0.609. The van der Waals surface area contributed by atoms with Crippen LogP contribution in [0.25, 0.3) is 12.2 Å². The Bertz CT molecular complexity index is 644. The molecule has 0 aliphatic heterocycles. The fourth-order valence-corrected chi connectivity index (χ4v) is 2.16. The summed E-state index contributed by atoms with van der Waals surface area (Å²) in [7, 11) is 0. The van der Waals surface area contributed by atoms with Gasteiger partial charge in [-0.25, -0.2) is 9.59 Å². The van der Waals surface area contributed by atoms with Crippen molar-refractivity contribution in [1.82, 2.24) is 4.57 Å². The highest BCUT2D eigenvalue weighted by Crippen LogP contribution is 2.25. The van der Waals surface area contributed by atoms with Crippen LogP contribution in [0.1, 0.15) is 55.7 Å². The second kappa shape index (κ2) is 6.22. The van der Waals surface area contributed by atoms with Crippen LogP contribution < -0.4 is 0 Å². The number of hydrogen-bond donors (Lipinski definition) is 0. The van der Waals surface area contributed by atoms with E-state index in [1.807, 2.05) is 24.3 Å². The molecule has 0 bridgehead atoms. The Labute approximate surface area is 130 Å². The summed E-state index contributed by atoms with van der Waals surface area (Å²) in [5.41, 5.74) is 1.07. The molecule has 0 amide bonds. The van der Waals surface area contributed by atoms with Gasteiger partial charge in [-0.3, -0.25) is 4.57 Å². The molecule has 0 N–H and O–H groups in total. The van der Waals surface area contributed by atoms with Gasteiger partial charge in [-0.1, -0.05) is 18.2 Å². The lowest BCUT2D eigenvalue weighted by Crippen LogP contribution is -2.27. The van der Waals surface area contributed by atoms with Crippen LogP contribution in [0.2, 0.25) is 0 Å². The quantitative estimate of drug-likeness (QED) is 0.778. The van der Waals surface area contributed by atoms with Crippen molar-refractivity contribution in [3.8, 4) is 0 Å². The van der Waals surface area contributed by atoms with Gasteiger partial charge in [0.2, 0.25) is 0 Å².